The zero-order chi connectivity index (χ0) is 31.1. The van der Waals surface area contributed by atoms with Crippen LogP contribution < -0.4 is 16.9 Å². The molecule has 4 aromatic heterocycles. The molecule has 11 atom stereocenters. The summed E-state index contributed by atoms with van der Waals surface area (Å²) in [4.78, 5) is 52.0. The van der Waals surface area contributed by atoms with Crippen LogP contribution in [0.1, 0.15) is 12.5 Å². The third-order valence-electron chi connectivity index (χ3n) is 7.30. The van der Waals surface area contributed by atoms with Crippen LogP contribution in [0.3, 0.4) is 0 Å². The fourth-order valence-corrected chi connectivity index (χ4v) is 7.52. The van der Waals surface area contributed by atoms with E-state index in [-0.39, 0.29) is 28.3 Å². The van der Waals surface area contributed by atoms with Crippen LogP contribution in [0, 0.1) is 5.92 Å². The van der Waals surface area contributed by atoms with Gasteiger partial charge in [-0.15, -0.1) is 9.62 Å². The SMILES string of the molecule is Nc1nc2c(ncn2[C@@H]2O[C@@H]3C(O)C3[C@H]2OP(O)(=S)OC[C@H]2O[C@@H](n3nnc4c(=O)[nH]cnc43)[C@@H](F)[C@@H]2O[P+](=O)S)c(=O)[nH]1. The van der Waals surface area contributed by atoms with Crippen LogP contribution in [0.2, 0.25) is 0 Å². The Bertz CT molecular complexity index is 1960. The topological polar surface area (TPSA) is 270 Å². The van der Waals surface area contributed by atoms with E-state index >= 15 is 4.39 Å². The Morgan fingerprint density at radius 3 is 2.77 bits per heavy atom. The second-order valence-electron chi connectivity index (χ2n) is 9.92. The number of nitrogens with one attached hydrogen (secondary N) is 2. The van der Waals surface area contributed by atoms with Crippen molar-refractivity contribution in [3.05, 3.63) is 33.4 Å². The van der Waals surface area contributed by atoms with Crippen molar-refractivity contribution in [3.63, 3.8) is 0 Å². The summed E-state index contributed by atoms with van der Waals surface area (Å²) in [7, 11) is -2.63. The van der Waals surface area contributed by atoms with Gasteiger partial charge >= 0.3 is 13.9 Å². The molecule has 20 nitrogen and oxygen atoms in total. The molecule has 2 aliphatic heterocycles. The van der Waals surface area contributed by atoms with Crippen molar-refractivity contribution in [1.29, 1.82) is 0 Å². The number of rotatable bonds is 9. The van der Waals surface area contributed by atoms with Crippen molar-refractivity contribution in [1.82, 2.24) is 44.5 Å². The van der Waals surface area contributed by atoms with Gasteiger partial charge in [0, 0.05) is 5.92 Å². The van der Waals surface area contributed by atoms with Gasteiger partial charge in [0.2, 0.25) is 5.95 Å². The molecule has 3 fully saturated rings. The quantitative estimate of drug-likeness (QED) is 0.0901. The first-order valence-electron chi connectivity index (χ1n) is 12.6. The van der Waals surface area contributed by atoms with Gasteiger partial charge in [-0.25, -0.2) is 14.4 Å². The second kappa shape index (κ2) is 10.9. The highest BCUT2D eigenvalue weighted by Gasteiger charge is 2.66. The zero-order valence-corrected chi connectivity index (χ0v) is 25.1. The largest absolute Gasteiger partial charge is 0.582 e. The summed E-state index contributed by atoms with van der Waals surface area (Å²) in [5, 5.41) is 17.7. The molecule has 2 saturated heterocycles. The lowest BCUT2D eigenvalue weighted by Crippen LogP contribution is -2.33. The van der Waals surface area contributed by atoms with E-state index in [2.05, 4.69) is 47.5 Å². The van der Waals surface area contributed by atoms with Crippen LogP contribution >= 0.6 is 26.2 Å². The van der Waals surface area contributed by atoms with Gasteiger partial charge in [0.05, 0.1) is 31.5 Å². The van der Waals surface area contributed by atoms with Crippen LogP contribution in [0.25, 0.3) is 22.3 Å². The number of thiol groups is 1. The minimum atomic E-state index is -4.20. The summed E-state index contributed by atoms with van der Waals surface area (Å²) < 4.78 is 57.7. The zero-order valence-electron chi connectivity index (χ0n) is 21.6. The van der Waals surface area contributed by atoms with Crippen molar-refractivity contribution in [2.75, 3.05) is 12.3 Å². The Morgan fingerprint density at radius 2 is 2.00 bits per heavy atom. The summed E-state index contributed by atoms with van der Waals surface area (Å²) in [5.74, 6) is -0.805. The molecular formula is C19H20FN10O10P2S2+. The van der Waals surface area contributed by atoms with E-state index in [4.69, 9.17) is 40.6 Å². The minimum absolute atomic E-state index is 0.0374. The van der Waals surface area contributed by atoms with Crippen molar-refractivity contribution in [2.45, 2.75) is 49.1 Å². The number of nitrogens with two attached hydrogens (primary N) is 1. The average Bonchev–Trinajstić information content (AvgIpc) is 3.43. The van der Waals surface area contributed by atoms with Gasteiger partial charge in [-0.3, -0.25) is 19.1 Å². The van der Waals surface area contributed by atoms with Crippen molar-refractivity contribution in [3.8, 4) is 0 Å². The van der Waals surface area contributed by atoms with E-state index < -0.39 is 86.7 Å². The number of hydrogen-bond acceptors (Lipinski definition) is 16. The molecule has 6 heterocycles. The predicted octanol–water partition coefficient (Wildman–Crippen LogP) is -1.06. The fourth-order valence-electron chi connectivity index (χ4n) is 5.30. The molecule has 0 amide bonds. The summed E-state index contributed by atoms with van der Waals surface area (Å²) in [5.41, 5.74) is 4.22. The third kappa shape index (κ3) is 5.07. The Balaban J connectivity index is 1.11. The second-order valence-corrected chi connectivity index (χ2v) is 14.4. The maximum absolute atomic E-state index is 15.6. The van der Waals surface area contributed by atoms with Gasteiger partial charge in [-0.2, -0.15) is 9.67 Å². The Labute approximate surface area is 253 Å². The standard InChI is InChI=1S/C19H19FN10O10P2S2/c20-6-10(39-41(34)43)4(37-17(6)30-13-8(27-28-30)15(32)23-2-22-13)1-36-42(35,44)40-12-5-9(31)11(5)38-18(12)29-3-24-7-14(29)25-19(21)26-16(7)33/h2-6,9-12,17-18,31H,1H2,(H5-,21,22,23,25,26,28,32,33,34,35,43,44)/p+1/t4-,5?,6+,9?,10-,11+,12-,17-,18-,42?/m1/s1. The van der Waals surface area contributed by atoms with Gasteiger partial charge in [-0.05, 0) is 16.4 Å². The Morgan fingerprint density at radius 1 is 1.20 bits per heavy atom. The number of hydrogen-bond donors (Lipinski definition) is 6. The number of anilines is 1. The number of ether oxygens (including phenoxy) is 2. The van der Waals surface area contributed by atoms with Crippen molar-refractivity contribution in [2.24, 2.45) is 5.92 Å². The van der Waals surface area contributed by atoms with Gasteiger partial charge in [0.15, 0.2) is 47.1 Å². The molecule has 3 aliphatic rings. The summed E-state index contributed by atoms with van der Waals surface area (Å²) in [6.07, 6.45) is -7.91. The van der Waals surface area contributed by atoms with Crippen LogP contribution in [-0.2, 0) is 39.4 Å². The molecule has 7 rings (SSSR count). The minimum Gasteiger partial charge on any atom is -0.390 e. The number of aromatic nitrogens is 9. The number of aliphatic hydroxyl groups is 1. The molecule has 44 heavy (non-hydrogen) atoms. The van der Waals surface area contributed by atoms with Gasteiger partial charge in [-0.1, -0.05) is 5.21 Å². The summed E-state index contributed by atoms with van der Waals surface area (Å²) in [6, 6.07) is 0. The number of nitrogens with zero attached hydrogens (tertiary/aromatic N) is 7. The maximum Gasteiger partial charge on any atom is 0.582 e. The first kappa shape index (κ1) is 29.9. The number of halogens is 1. The van der Waals surface area contributed by atoms with Crippen molar-refractivity contribution < 1.29 is 42.0 Å². The van der Waals surface area contributed by atoms with E-state index in [1.54, 1.807) is 0 Å². The lowest BCUT2D eigenvalue weighted by molar-refractivity contribution is -0.0689. The van der Waals surface area contributed by atoms with Crippen molar-refractivity contribution >= 4 is 66.3 Å². The number of alkyl halides is 1. The maximum atomic E-state index is 15.6. The Kier molecular flexibility index (Phi) is 7.41. The van der Waals surface area contributed by atoms with Gasteiger partial charge < -0.3 is 39.2 Å². The van der Waals surface area contributed by atoms with Gasteiger partial charge in [0.1, 0.15) is 24.5 Å². The molecule has 0 spiro atoms. The van der Waals surface area contributed by atoms with Crippen LogP contribution in [-0.4, -0.2) is 97.8 Å². The van der Waals surface area contributed by atoms with Gasteiger partial charge in [0.25, 0.3) is 11.1 Å². The number of fused-ring (bicyclic) bond motifs is 3. The monoisotopic (exact) mass is 693 g/mol. The number of aromatic amines is 2. The fraction of sp³-hybridized carbons (Fsp3) is 0.526. The smallest absolute Gasteiger partial charge is 0.390 e. The molecule has 25 heteroatoms. The summed E-state index contributed by atoms with van der Waals surface area (Å²) in [6.45, 7) is -4.82. The van der Waals surface area contributed by atoms with E-state index in [1.807, 2.05) is 0 Å². The number of aliphatic hydroxyl groups excluding tert-OH is 1. The molecule has 1 aliphatic carbocycles. The van der Waals surface area contributed by atoms with Crippen LogP contribution in [0.4, 0.5) is 10.3 Å². The highest BCUT2D eigenvalue weighted by atomic mass is 32.7. The first-order valence-corrected chi connectivity index (χ1v) is 17.5. The molecule has 1 saturated carbocycles. The third-order valence-corrected chi connectivity index (χ3v) is 9.56. The molecule has 4 unspecified atom stereocenters. The van der Waals surface area contributed by atoms with E-state index in [0.29, 0.717) is 0 Å². The molecule has 0 radical (unpaired) electrons. The highest BCUT2D eigenvalue weighted by molar-refractivity contribution is 8.39. The number of H-pyrrole nitrogens is 2. The lowest BCUT2D eigenvalue weighted by Gasteiger charge is -2.28. The molecule has 4 aromatic rings. The normalized spacial score (nSPS) is 33.1. The molecule has 234 valence electrons. The van der Waals surface area contributed by atoms with E-state index in [1.165, 1.54) is 10.9 Å². The average molecular weight is 694 g/mol. The Hall–Kier alpha value is -2.82. The van der Waals surface area contributed by atoms with Crippen LogP contribution in [0.15, 0.2) is 22.2 Å². The molecule has 0 aromatic carbocycles. The lowest BCUT2D eigenvalue weighted by atomic mass is 10.1. The molecule has 0 bridgehead atoms. The summed E-state index contributed by atoms with van der Waals surface area (Å²) >= 11 is 8.92. The molecular weight excluding hydrogens is 673 g/mol. The van der Waals surface area contributed by atoms with E-state index in [9.17, 15) is 24.2 Å². The highest BCUT2D eigenvalue weighted by Crippen LogP contribution is 2.58. The van der Waals surface area contributed by atoms with Crippen LogP contribution in [0.5, 0.6) is 0 Å². The molecule has 6 N–H and O–H groups in total. The number of imidazole rings is 1. The van der Waals surface area contributed by atoms with E-state index in [0.717, 1.165) is 11.0 Å². The first-order chi connectivity index (χ1) is 20.9. The predicted molar refractivity (Wildman–Crippen MR) is 150 cm³/mol. The number of nitrogen functional groups attached to an aromatic ring is 1.